The largest absolute Gasteiger partial charge is 0.497 e. The highest BCUT2D eigenvalue weighted by atomic mass is 32.2. The molecular formula is C26H31N5O2S. The predicted molar refractivity (Wildman–Crippen MR) is 136 cm³/mol. The molecular weight excluding hydrogens is 446 g/mol. The molecule has 34 heavy (non-hydrogen) atoms. The molecule has 1 amide bonds. The number of carbonyl (C=O) groups excluding carboxylic acids is 1. The number of nitrogens with zero attached hydrogens (tertiary/aromatic N) is 2. The fraction of sp³-hybridized carbons (Fsp3) is 0.423. The van der Waals surface area contributed by atoms with Gasteiger partial charge in [-0.1, -0.05) is 0 Å². The first-order valence-electron chi connectivity index (χ1n) is 11.9. The maximum absolute atomic E-state index is 11.6. The number of anilines is 1. The number of hydrogen-bond acceptors (Lipinski definition) is 7. The van der Waals surface area contributed by atoms with Crippen LogP contribution in [0.3, 0.4) is 0 Å². The van der Waals surface area contributed by atoms with Crippen LogP contribution in [0.25, 0.3) is 10.9 Å². The predicted octanol–water partition coefficient (Wildman–Crippen LogP) is 4.42. The van der Waals surface area contributed by atoms with Crippen LogP contribution in [-0.2, 0) is 11.3 Å². The second kappa shape index (κ2) is 10.3. The maximum Gasteiger partial charge on any atom is 0.235 e. The lowest BCUT2D eigenvalue weighted by Gasteiger charge is -2.31. The van der Waals surface area contributed by atoms with Gasteiger partial charge in [0.15, 0.2) is 0 Å². The quantitative estimate of drug-likeness (QED) is 0.463. The number of hydrogen-bond donors (Lipinski definition) is 3. The zero-order chi connectivity index (χ0) is 23.5. The minimum atomic E-state index is -0.0140. The molecule has 3 heterocycles. The first kappa shape index (κ1) is 23.1. The van der Waals surface area contributed by atoms with Crippen LogP contribution in [-0.4, -0.2) is 34.8 Å². The lowest BCUT2D eigenvalue weighted by Crippen LogP contribution is -2.33. The van der Waals surface area contributed by atoms with E-state index in [1.165, 1.54) is 12.8 Å². The third-order valence-electron chi connectivity index (χ3n) is 6.92. The molecule has 2 aromatic heterocycles. The Morgan fingerprint density at radius 1 is 1.21 bits per heavy atom. The number of rotatable bonds is 7. The summed E-state index contributed by atoms with van der Waals surface area (Å²) < 4.78 is 5.41. The van der Waals surface area contributed by atoms with E-state index in [1.807, 2.05) is 30.5 Å². The summed E-state index contributed by atoms with van der Waals surface area (Å²) in [4.78, 5) is 21.8. The average Bonchev–Trinajstić information content (AvgIpc) is 2.87. The molecule has 0 spiro atoms. The first-order chi connectivity index (χ1) is 16.6. The van der Waals surface area contributed by atoms with Gasteiger partial charge in [0, 0.05) is 30.2 Å². The van der Waals surface area contributed by atoms with Gasteiger partial charge >= 0.3 is 0 Å². The third kappa shape index (κ3) is 5.19. The number of benzene rings is 1. The second-order valence-corrected chi connectivity index (χ2v) is 10.2. The Morgan fingerprint density at radius 3 is 2.88 bits per heavy atom. The van der Waals surface area contributed by atoms with Crippen molar-refractivity contribution >= 4 is 34.4 Å². The summed E-state index contributed by atoms with van der Waals surface area (Å²) in [7, 11) is 1.68. The fourth-order valence-corrected chi connectivity index (χ4v) is 5.79. The van der Waals surface area contributed by atoms with Crippen molar-refractivity contribution in [2.24, 2.45) is 11.7 Å². The van der Waals surface area contributed by atoms with Crippen molar-refractivity contribution in [2.75, 3.05) is 18.2 Å². The summed E-state index contributed by atoms with van der Waals surface area (Å²) in [5.41, 5.74) is 9.76. The van der Waals surface area contributed by atoms with E-state index >= 15 is 0 Å². The molecule has 0 bridgehead atoms. The lowest BCUT2D eigenvalue weighted by molar-refractivity contribution is -0.113. The Kier molecular flexibility index (Phi) is 6.99. The monoisotopic (exact) mass is 477 g/mol. The van der Waals surface area contributed by atoms with Gasteiger partial charge in [-0.05, 0) is 80.0 Å². The molecule has 0 saturated heterocycles. The van der Waals surface area contributed by atoms with E-state index in [0.717, 1.165) is 52.1 Å². The molecule has 0 unspecified atom stereocenters. The highest BCUT2D eigenvalue weighted by Crippen LogP contribution is 2.34. The van der Waals surface area contributed by atoms with Crippen molar-refractivity contribution in [3.63, 3.8) is 0 Å². The molecule has 4 N–H and O–H groups in total. The highest BCUT2D eigenvalue weighted by molar-refractivity contribution is 8.00. The smallest absolute Gasteiger partial charge is 0.235 e. The van der Waals surface area contributed by atoms with Gasteiger partial charge in [0.1, 0.15) is 11.6 Å². The van der Waals surface area contributed by atoms with E-state index in [-0.39, 0.29) is 11.9 Å². The summed E-state index contributed by atoms with van der Waals surface area (Å²) in [6.07, 6.45) is 7.44. The molecule has 5 rings (SSSR count). The number of nitrogens with two attached hydrogens (primary N) is 1. The van der Waals surface area contributed by atoms with Crippen LogP contribution < -0.4 is 21.1 Å². The van der Waals surface area contributed by atoms with E-state index < -0.39 is 0 Å². The van der Waals surface area contributed by atoms with Gasteiger partial charge in [-0.15, -0.1) is 11.8 Å². The summed E-state index contributed by atoms with van der Waals surface area (Å²) in [6, 6.07) is 12.6. The zero-order valence-electron chi connectivity index (χ0n) is 19.4. The van der Waals surface area contributed by atoms with E-state index in [9.17, 15) is 4.79 Å². The number of ether oxygens (including phenoxy) is 1. The molecule has 1 aliphatic carbocycles. The molecule has 8 heteroatoms. The van der Waals surface area contributed by atoms with E-state index in [4.69, 9.17) is 10.5 Å². The molecule has 2 aliphatic rings. The van der Waals surface area contributed by atoms with E-state index in [2.05, 4.69) is 32.7 Å². The lowest BCUT2D eigenvalue weighted by atomic mass is 9.81. The van der Waals surface area contributed by atoms with Crippen LogP contribution in [0.4, 0.5) is 5.82 Å². The summed E-state index contributed by atoms with van der Waals surface area (Å²) >= 11 is 1.54. The normalized spacial score (nSPS) is 21.1. The molecule has 178 valence electrons. The van der Waals surface area contributed by atoms with Gasteiger partial charge in [0.05, 0.1) is 29.0 Å². The first-order valence-corrected chi connectivity index (χ1v) is 12.9. The van der Waals surface area contributed by atoms with Crippen molar-refractivity contribution in [2.45, 2.75) is 55.6 Å². The SMILES string of the molecule is COc1ccc2nccc([C@@H](N)CC3CCC(NCc4ccc5c(n4)NC(=O)CS5)CC3)c2c1. The molecule has 1 atom stereocenters. The minimum absolute atomic E-state index is 0.0140. The van der Waals surface area contributed by atoms with Gasteiger partial charge < -0.3 is 21.1 Å². The summed E-state index contributed by atoms with van der Waals surface area (Å²) in [5.74, 6) is 2.63. The Morgan fingerprint density at radius 2 is 2.06 bits per heavy atom. The zero-order valence-corrected chi connectivity index (χ0v) is 20.2. The number of thioether (sulfide) groups is 1. The van der Waals surface area contributed by atoms with Crippen LogP contribution in [0.5, 0.6) is 5.75 Å². The van der Waals surface area contributed by atoms with Crippen molar-refractivity contribution in [1.82, 2.24) is 15.3 Å². The Bertz CT molecular complexity index is 1180. The van der Waals surface area contributed by atoms with Crippen molar-refractivity contribution < 1.29 is 9.53 Å². The molecule has 1 saturated carbocycles. The van der Waals surface area contributed by atoms with Crippen LogP contribution >= 0.6 is 11.8 Å². The Labute approximate surface area is 204 Å². The number of pyridine rings is 2. The number of fused-ring (bicyclic) bond motifs is 2. The second-order valence-electron chi connectivity index (χ2n) is 9.21. The maximum atomic E-state index is 11.6. The topological polar surface area (TPSA) is 102 Å². The van der Waals surface area contributed by atoms with Gasteiger partial charge in [-0.25, -0.2) is 4.98 Å². The van der Waals surface area contributed by atoms with Crippen LogP contribution in [0.2, 0.25) is 0 Å². The average molecular weight is 478 g/mol. The standard InChI is InChI=1S/C26H31N5O2S/c1-33-19-7-8-23-21(13-19)20(10-11-28-23)22(27)12-16-2-4-17(5-3-16)29-14-18-6-9-24-26(30-18)31-25(32)15-34-24/h6-11,13,16-17,22,29H,2-5,12,14-15,27H2,1H3,(H,30,31,32)/t16?,17?,22-/m0/s1. The fourth-order valence-electron chi connectivity index (χ4n) is 5.04. The van der Waals surface area contributed by atoms with Crippen molar-refractivity contribution in [3.05, 3.63) is 53.9 Å². The van der Waals surface area contributed by atoms with Gasteiger partial charge in [-0.3, -0.25) is 9.78 Å². The number of methoxy groups -OCH3 is 1. The number of nitrogens with one attached hydrogen (secondary N) is 2. The number of carbonyl (C=O) groups is 1. The minimum Gasteiger partial charge on any atom is -0.497 e. The molecule has 1 aliphatic heterocycles. The number of amides is 1. The highest BCUT2D eigenvalue weighted by Gasteiger charge is 2.24. The third-order valence-corrected chi connectivity index (χ3v) is 7.97. The van der Waals surface area contributed by atoms with Gasteiger partial charge in [0.2, 0.25) is 5.91 Å². The molecule has 0 radical (unpaired) electrons. The van der Waals surface area contributed by atoms with Crippen molar-refractivity contribution in [1.29, 1.82) is 0 Å². The van der Waals surface area contributed by atoms with Crippen LogP contribution in [0.15, 0.2) is 47.5 Å². The molecule has 1 aromatic carbocycles. The van der Waals surface area contributed by atoms with Crippen LogP contribution in [0.1, 0.15) is 49.4 Å². The van der Waals surface area contributed by atoms with Crippen LogP contribution in [0, 0.1) is 5.92 Å². The summed E-state index contributed by atoms with van der Waals surface area (Å²) in [5, 5.41) is 7.61. The molecule has 1 fully saturated rings. The van der Waals surface area contributed by atoms with Gasteiger partial charge in [0.25, 0.3) is 0 Å². The Hall–Kier alpha value is -2.68. The number of aromatic nitrogens is 2. The van der Waals surface area contributed by atoms with E-state index in [1.54, 1.807) is 18.9 Å². The van der Waals surface area contributed by atoms with Gasteiger partial charge in [-0.2, -0.15) is 0 Å². The molecule has 7 nitrogen and oxygen atoms in total. The van der Waals surface area contributed by atoms with E-state index in [0.29, 0.717) is 30.1 Å². The molecule has 3 aromatic rings. The van der Waals surface area contributed by atoms with Crippen molar-refractivity contribution in [3.8, 4) is 5.75 Å². The Balaban J connectivity index is 1.14. The summed E-state index contributed by atoms with van der Waals surface area (Å²) in [6.45, 7) is 0.716.